The van der Waals surface area contributed by atoms with Crippen LogP contribution in [0.1, 0.15) is 18.4 Å². The fraction of sp³-hybridized carbons (Fsp3) is 0.316. The predicted molar refractivity (Wildman–Crippen MR) is 99.5 cm³/mol. The van der Waals surface area contributed by atoms with Crippen LogP contribution in [0.2, 0.25) is 10.0 Å². The molecule has 1 aliphatic rings. The lowest BCUT2D eigenvalue weighted by Crippen LogP contribution is -2.40. The first-order valence-electron chi connectivity index (χ1n) is 8.25. The van der Waals surface area contributed by atoms with Crippen LogP contribution >= 0.6 is 23.2 Å². The van der Waals surface area contributed by atoms with Gasteiger partial charge < -0.3 is 5.32 Å². The molecule has 0 aliphatic carbocycles. The van der Waals surface area contributed by atoms with Gasteiger partial charge in [-0.25, -0.2) is 4.39 Å². The van der Waals surface area contributed by atoms with E-state index in [1.807, 2.05) is 18.2 Å². The number of likely N-dealkylation sites (tertiary alicyclic amines) is 1. The maximum absolute atomic E-state index is 13.7. The van der Waals surface area contributed by atoms with Crippen molar-refractivity contribution in [3.05, 3.63) is 63.9 Å². The lowest BCUT2D eigenvalue weighted by atomic mass is 9.96. The number of hydrogen-bond acceptors (Lipinski definition) is 2. The van der Waals surface area contributed by atoms with Gasteiger partial charge >= 0.3 is 0 Å². The second-order valence-corrected chi connectivity index (χ2v) is 7.06. The normalized spacial score (nSPS) is 18.1. The summed E-state index contributed by atoms with van der Waals surface area (Å²) < 4.78 is 13.7. The van der Waals surface area contributed by atoms with E-state index in [9.17, 15) is 9.18 Å². The van der Waals surface area contributed by atoms with Gasteiger partial charge in [-0.15, -0.1) is 0 Å². The Bertz CT molecular complexity index is 749. The van der Waals surface area contributed by atoms with E-state index < -0.39 is 5.82 Å². The first-order chi connectivity index (χ1) is 12.0. The number of hydrogen-bond donors (Lipinski definition) is 1. The molecule has 0 aromatic heterocycles. The lowest BCUT2D eigenvalue weighted by molar-refractivity contribution is -0.121. The van der Waals surface area contributed by atoms with Gasteiger partial charge in [0, 0.05) is 28.7 Å². The van der Waals surface area contributed by atoms with Gasteiger partial charge in [-0.1, -0.05) is 41.4 Å². The van der Waals surface area contributed by atoms with Crippen LogP contribution in [0.3, 0.4) is 0 Å². The SMILES string of the molecule is O=C(Nc1ccccc1F)[C@@H]1CCCN(Cc2c(Cl)cccc2Cl)C1. The Morgan fingerprint density at radius 2 is 1.88 bits per heavy atom. The van der Waals surface area contributed by atoms with Gasteiger partial charge in [0.2, 0.25) is 5.91 Å². The average Bonchev–Trinajstić information content (AvgIpc) is 2.60. The topological polar surface area (TPSA) is 32.3 Å². The Kier molecular flexibility index (Phi) is 5.94. The van der Waals surface area contributed by atoms with E-state index in [0.29, 0.717) is 23.1 Å². The molecule has 1 N–H and O–H groups in total. The molecular formula is C19H19Cl2FN2O. The highest BCUT2D eigenvalue weighted by Crippen LogP contribution is 2.28. The maximum atomic E-state index is 13.7. The molecule has 0 spiro atoms. The third-order valence-corrected chi connectivity index (χ3v) is 5.16. The van der Waals surface area contributed by atoms with E-state index in [1.165, 1.54) is 6.07 Å². The highest BCUT2D eigenvalue weighted by atomic mass is 35.5. The largest absolute Gasteiger partial charge is 0.323 e. The van der Waals surface area contributed by atoms with Crippen LogP contribution in [0.4, 0.5) is 10.1 Å². The Labute approximate surface area is 156 Å². The second kappa shape index (κ2) is 8.17. The van der Waals surface area contributed by atoms with Gasteiger partial charge in [-0.05, 0) is 43.7 Å². The van der Waals surface area contributed by atoms with E-state index in [0.717, 1.165) is 24.9 Å². The second-order valence-electron chi connectivity index (χ2n) is 6.24. The third-order valence-electron chi connectivity index (χ3n) is 4.45. The summed E-state index contributed by atoms with van der Waals surface area (Å²) in [5.41, 5.74) is 1.10. The average molecular weight is 381 g/mol. The van der Waals surface area contributed by atoms with Gasteiger partial charge in [-0.2, -0.15) is 0 Å². The highest BCUT2D eigenvalue weighted by molar-refractivity contribution is 6.35. The van der Waals surface area contributed by atoms with Crippen LogP contribution in [0.15, 0.2) is 42.5 Å². The van der Waals surface area contributed by atoms with E-state index in [1.54, 1.807) is 18.2 Å². The van der Waals surface area contributed by atoms with E-state index in [4.69, 9.17) is 23.2 Å². The van der Waals surface area contributed by atoms with Gasteiger partial charge in [0.25, 0.3) is 0 Å². The monoisotopic (exact) mass is 380 g/mol. The Hall–Kier alpha value is -1.62. The number of carbonyl (C=O) groups is 1. The molecule has 1 aliphatic heterocycles. The number of carbonyl (C=O) groups excluding carboxylic acids is 1. The number of para-hydroxylation sites is 1. The van der Waals surface area contributed by atoms with E-state index >= 15 is 0 Å². The molecule has 3 nitrogen and oxygen atoms in total. The van der Waals surface area contributed by atoms with Gasteiger partial charge in [0.05, 0.1) is 11.6 Å². The number of anilines is 1. The summed E-state index contributed by atoms with van der Waals surface area (Å²) in [7, 11) is 0. The minimum Gasteiger partial charge on any atom is -0.323 e. The molecule has 0 radical (unpaired) electrons. The number of halogens is 3. The molecule has 1 fully saturated rings. The van der Waals surface area contributed by atoms with Crippen molar-refractivity contribution in [1.82, 2.24) is 4.90 Å². The van der Waals surface area contributed by atoms with E-state index in [2.05, 4.69) is 10.2 Å². The molecule has 6 heteroatoms. The number of rotatable bonds is 4. The zero-order valence-corrected chi connectivity index (χ0v) is 15.2. The summed E-state index contributed by atoms with van der Waals surface area (Å²) >= 11 is 12.5. The molecule has 1 atom stereocenters. The molecule has 1 saturated heterocycles. The van der Waals surface area contributed by atoms with Crippen molar-refractivity contribution in [2.45, 2.75) is 19.4 Å². The smallest absolute Gasteiger partial charge is 0.228 e. The summed E-state index contributed by atoms with van der Waals surface area (Å²) in [4.78, 5) is 14.7. The van der Waals surface area contributed by atoms with Crippen molar-refractivity contribution in [3.8, 4) is 0 Å². The first kappa shape index (κ1) is 18.2. The molecule has 0 unspecified atom stereocenters. The summed E-state index contributed by atoms with van der Waals surface area (Å²) in [6.07, 6.45) is 1.68. The Balaban J connectivity index is 1.65. The van der Waals surface area contributed by atoms with Crippen molar-refractivity contribution in [1.29, 1.82) is 0 Å². The molecule has 0 bridgehead atoms. The predicted octanol–water partition coefficient (Wildman–Crippen LogP) is 4.98. The lowest BCUT2D eigenvalue weighted by Gasteiger charge is -2.32. The van der Waals surface area contributed by atoms with Crippen LogP contribution < -0.4 is 5.32 Å². The first-order valence-corrected chi connectivity index (χ1v) is 9.01. The number of nitrogens with zero attached hydrogens (tertiary/aromatic N) is 1. The fourth-order valence-corrected chi connectivity index (χ4v) is 3.63. The van der Waals surface area contributed by atoms with Crippen molar-refractivity contribution < 1.29 is 9.18 Å². The molecule has 25 heavy (non-hydrogen) atoms. The molecule has 1 heterocycles. The summed E-state index contributed by atoms with van der Waals surface area (Å²) in [6, 6.07) is 11.6. The number of benzene rings is 2. The molecular weight excluding hydrogens is 362 g/mol. The highest BCUT2D eigenvalue weighted by Gasteiger charge is 2.27. The van der Waals surface area contributed by atoms with Gasteiger partial charge in [-0.3, -0.25) is 9.69 Å². The molecule has 3 rings (SSSR count). The summed E-state index contributed by atoms with van der Waals surface area (Å²) in [5, 5.41) is 3.95. The third kappa shape index (κ3) is 4.51. The van der Waals surface area contributed by atoms with Crippen LogP contribution in [0.25, 0.3) is 0 Å². The summed E-state index contributed by atoms with van der Waals surface area (Å²) in [5.74, 6) is -0.763. The Morgan fingerprint density at radius 3 is 2.60 bits per heavy atom. The minimum absolute atomic E-state index is 0.153. The van der Waals surface area contributed by atoms with Gasteiger partial charge in [0.1, 0.15) is 5.82 Å². The molecule has 0 saturated carbocycles. The van der Waals surface area contributed by atoms with Crippen molar-refractivity contribution in [2.24, 2.45) is 5.92 Å². The van der Waals surface area contributed by atoms with Crippen LogP contribution in [0, 0.1) is 11.7 Å². The molecule has 2 aromatic rings. The Morgan fingerprint density at radius 1 is 1.16 bits per heavy atom. The molecule has 2 aromatic carbocycles. The molecule has 132 valence electrons. The maximum Gasteiger partial charge on any atom is 0.228 e. The quantitative estimate of drug-likeness (QED) is 0.810. The van der Waals surface area contributed by atoms with Crippen LogP contribution in [0.5, 0.6) is 0 Å². The van der Waals surface area contributed by atoms with Crippen LogP contribution in [-0.2, 0) is 11.3 Å². The van der Waals surface area contributed by atoms with Crippen molar-refractivity contribution in [3.63, 3.8) is 0 Å². The van der Waals surface area contributed by atoms with Crippen LogP contribution in [-0.4, -0.2) is 23.9 Å². The minimum atomic E-state index is -0.425. The van der Waals surface area contributed by atoms with Gasteiger partial charge in [0.15, 0.2) is 0 Å². The van der Waals surface area contributed by atoms with Crippen molar-refractivity contribution in [2.75, 3.05) is 18.4 Å². The number of amides is 1. The number of nitrogens with one attached hydrogen (secondary N) is 1. The van der Waals surface area contributed by atoms with Crippen molar-refractivity contribution >= 4 is 34.8 Å². The fourth-order valence-electron chi connectivity index (χ4n) is 3.12. The molecule has 1 amide bonds. The standard InChI is InChI=1S/C19H19Cl2FN2O/c20-15-6-3-7-16(21)14(15)12-24-10-4-5-13(11-24)19(25)23-18-9-2-1-8-17(18)22/h1-3,6-9,13H,4-5,10-12H2,(H,23,25)/t13-/m1/s1. The zero-order chi connectivity index (χ0) is 17.8. The number of piperidine rings is 1. The van der Waals surface area contributed by atoms with E-state index in [-0.39, 0.29) is 17.5 Å². The summed E-state index contributed by atoms with van der Waals surface area (Å²) in [6.45, 7) is 2.08. The zero-order valence-electron chi connectivity index (χ0n) is 13.6.